The second kappa shape index (κ2) is 6.56. The van der Waals surface area contributed by atoms with Gasteiger partial charge in [-0.2, -0.15) is 5.10 Å². The van der Waals surface area contributed by atoms with Crippen molar-refractivity contribution in [3.05, 3.63) is 54.2 Å². The molecule has 6 heteroatoms. The average Bonchev–Trinajstić information content (AvgIpc) is 3.04. The van der Waals surface area contributed by atoms with Crippen LogP contribution in [0.5, 0.6) is 0 Å². The molecule has 0 saturated heterocycles. The molecule has 0 radical (unpaired) electrons. The third-order valence-electron chi connectivity index (χ3n) is 3.61. The Balaban J connectivity index is 1.89. The monoisotopic (exact) mass is 308 g/mol. The molecule has 0 aromatic carbocycles. The summed E-state index contributed by atoms with van der Waals surface area (Å²) >= 11 is 0. The lowest BCUT2D eigenvalue weighted by atomic mass is 10.2. The van der Waals surface area contributed by atoms with Gasteiger partial charge in [0.25, 0.3) is 0 Å². The van der Waals surface area contributed by atoms with Crippen molar-refractivity contribution in [2.24, 2.45) is 0 Å². The van der Waals surface area contributed by atoms with Gasteiger partial charge in [0.05, 0.1) is 23.1 Å². The van der Waals surface area contributed by atoms with E-state index in [-0.39, 0.29) is 6.04 Å². The summed E-state index contributed by atoms with van der Waals surface area (Å²) in [7, 11) is 0. The first-order valence-electron chi connectivity index (χ1n) is 7.72. The van der Waals surface area contributed by atoms with Crippen molar-refractivity contribution in [3.8, 4) is 11.4 Å². The molecule has 6 nitrogen and oxygen atoms in total. The highest BCUT2D eigenvalue weighted by Crippen LogP contribution is 2.22. The number of hydrogen-bond donors (Lipinski definition) is 1. The van der Waals surface area contributed by atoms with Crippen molar-refractivity contribution in [2.45, 2.75) is 33.4 Å². The Labute approximate surface area is 135 Å². The van der Waals surface area contributed by atoms with Crippen molar-refractivity contribution in [3.63, 3.8) is 0 Å². The Morgan fingerprint density at radius 2 is 2.04 bits per heavy atom. The lowest BCUT2D eigenvalue weighted by Crippen LogP contribution is -2.11. The van der Waals surface area contributed by atoms with Crippen molar-refractivity contribution in [1.29, 1.82) is 0 Å². The summed E-state index contributed by atoms with van der Waals surface area (Å²) in [6, 6.07) is 9.88. The quantitative estimate of drug-likeness (QED) is 0.783. The Kier molecular flexibility index (Phi) is 4.32. The average molecular weight is 308 g/mol. The van der Waals surface area contributed by atoms with Gasteiger partial charge in [0, 0.05) is 25.0 Å². The van der Waals surface area contributed by atoms with E-state index in [9.17, 15) is 0 Å². The summed E-state index contributed by atoms with van der Waals surface area (Å²) in [6.07, 6.45) is 3.59. The van der Waals surface area contributed by atoms with E-state index in [2.05, 4.69) is 39.2 Å². The van der Waals surface area contributed by atoms with Gasteiger partial charge >= 0.3 is 0 Å². The van der Waals surface area contributed by atoms with Crippen molar-refractivity contribution in [2.75, 3.05) is 5.32 Å². The maximum Gasteiger partial charge on any atom is 0.130 e. The van der Waals surface area contributed by atoms with Crippen LogP contribution in [0.1, 0.15) is 31.4 Å². The lowest BCUT2D eigenvalue weighted by Gasteiger charge is -2.15. The third kappa shape index (κ3) is 3.36. The standard InChI is InChI=1S/C17H20N6/c1-4-23-16(8-10-19-23)15-11-17(22-13(3)21-15)20-12(2)14-7-5-6-9-18-14/h5-12H,4H2,1-3H3,(H,20,21,22)/t12-/m1/s1. The molecule has 0 aliphatic carbocycles. The SMILES string of the molecule is CCn1nccc1-c1cc(N[C@H](C)c2ccccn2)nc(C)n1. The zero-order valence-corrected chi connectivity index (χ0v) is 13.6. The molecular formula is C17H20N6. The number of nitrogens with zero attached hydrogens (tertiary/aromatic N) is 5. The summed E-state index contributed by atoms with van der Waals surface area (Å²) in [5.74, 6) is 1.51. The van der Waals surface area contributed by atoms with Gasteiger partial charge in [-0.1, -0.05) is 6.07 Å². The summed E-state index contributed by atoms with van der Waals surface area (Å²) in [4.78, 5) is 13.4. The predicted molar refractivity (Wildman–Crippen MR) is 89.9 cm³/mol. The van der Waals surface area contributed by atoms with Gasteiger partial charge in [-0.3, -0.25) is 9.67 Å². The molecule has 3 aromatic rings. The van der Waals surface area contributed by atoms with Crippen LogP contribution in [-0.2, 0) is 6.54 Å². The minimum absolute atomic E-state index is 0.0643. The highest BCUT2D eigenvalue weighted by Gasteiger charge is 2.11. The second-order valence-corrected chi connectivity index (χ2v) is 5.34. The minimum atomic E-state index is 0.0643. The highest BCUT2D eigenvalue weighted by molar-refractivity contribution is 5.59. The van der Waals surface area contributed by atoms with Crippen LogP contribution in [0.15, 0.2) is 42.7 Å². The van der Waals surface area contributed by atoms with Gasteiger partial charge in [0.15, 0.2) is 0 Å². The zero-order valence-electron chi connectivity index (χ0n) is 13.6. The summed E-state index contributed by atoms with van der Waals surface area (Å²) in [5, 5.41) is 7.70. The molecule has 0 spiro atoms. The van der Waals surface area contributed by atoms with Gasteiger partial charge in [-0.25, -0.2) is 9.97 Å². The van der Waals surface area contributed by atoms with Crippen LogP contribution in [0.25, 0.3) is 11.4 Å². The van der Waals surface area contributed by atoms with Crippen LogP contribution in [0.3, 0.4) is 0 Å². The molecule has 118 valence electrons. The molecule has 0 amide bonds. The van der Waals surface area contributed by atoms with Crippen LogP contribution >= 0.6 is 0 Å². The van der Waals surface area contributed by atoms with Gasteiger partial charge in [-0.15, -0.1) is 0 Å². The fourth-order valence-electron chi connectivity index (χ4n) is 2.50. The van der Waals surface area contributed by atoms with E-state index in [1.165, 1.54) is 0 Å². The molecule has 0 aliphatic heterocycles. The third-order valence-corrected chi connectivity index (χ3v) is 3.61. The Bertz CT molecular complexity index is 781. The van der Waals surface area contributed by atoms with Crippen LogP contribution < -0.4 is 5.32 Å². The number of aromatic nitrogens is 5. The number of hydrogen-bond acceptors (Lipinski definition) is 5. The topological polar surface area (TPSA) is 68.5 Å². The molecule has 3 aromatic heterocycles. The lowest BCUT2D eigenvalue weighted by molar-refractivity contribution is 0.665. The van der Waals surface area contributed by atoms with E-state index >= 15 is 0 Å². The van der Waals surface area contributed by atoms with E-state index in [4.69, 9.17) is 0 Å². The van der Waals surface area contributed by atoms with Gasteiger partial charge in [-0.05, 0) is 39.0 Å². The molecule has 1 N–H and O–H groups in total. The minimum Gasteiger partial charge on any atom is -0.362 e. The fourth-order valence-corrected chi connectivity index (χ4v) is 2.50. The normalized spacial score (nSPS) is 12.1. The molecule has 0 fully saturated rings. The van der Waals surface area contributed by atoms with E-state index in [0.29, 0.717) is 0 Å². The van der Waals surface area contributed by atoms with Crippen LogP contribution in [0, 0.1) is 6.92 Å². The van der Waals surface area contributed by atoms with E-state index in [1.54, 1.807) is 12.4 Å². The number of pyridine rings is 1. The van der Waals surface area contributed by atoms with Gasteiger partial charge in [0.2, 0.25) is 0 Å². The van der Waals surface area contributed by atoms with Crippen molar-refractivity contribution < 1.29 is 0 Å². The maximum absolute atomic E-state index is 4.54. The van der Waals surface area contributed by atoms with Crippen molar-refractivity contribution in [1.82, 2.24) is 24.7 Å². The van der Waals surface area contributed by atoms with E-state index in [0.717, 1.165) is 35.3 Å². The summed E-state index contributed by atoms with van der Waals surface area (Å²) in [6.45, 7) is 6.83. The molecule has 3 heterocycles. The second-order valence-electron chi connectivity index (χ2n) is 5.34. The van der Waals surface area contributed by atoms with Gasteiger partial charge in [0.1, 0.15) is 11.6 Å². The van der Waals surface area contributed by atoms with Crippen LogP contribution in [-0.4, -0.2) is 24.7 Å². The summed E-state index contributed by atoms with van der Waals surface area (Å²) in [5.41, 5.74) is 2.84. The molecule has 0 bridgehead atoms. The highest BCUT2D eigenvalue weighted by atomic mass is 15.3. The predicted octanol–water partition coefficient (Wildman–Crippen LogP) is 3.24. The van der Waals surface area contributed by atoms with Crippen LogP contribution in [0.4, 0.5) is 5.82 Å². The summed E-state index contributed by atoms with van der Waals surface area (Å²) < 4.78 is 1.92. The fraction of sp³-hybridized carbons (Fsp3) is 0.294. The Morgan fingerprint density at radius 1 is 1.17 bits per heavy atom. The van der Waals surface area contributed by atoms with Gasteiger partial charge < -0.3 is 5.32 Å². The molecule has 0 unspecified atom stereocenters. The number of aryl methyl sites for hydroxylation is 2. The Morgan fingerprint density at radius 3 is 2.78 bits per heavy atom. The molecule has 0 aliphatic rings. The molecular weight excluding hydrogens is 288 g/mol. The first kappa shape index (κ1) is 15.1. The molecule has 3 rings (SSSR count). The number of nitrogens with one attached hydrogen (secondary N) is 1. The zero-order chi connectivity index (χ0) is 16.2. The maximum atomic E-state index is 4.54. The number of rotatable bonds is 5. The Hall–Kier alpha value is -2.76. The van der Waals surface area contributed by atoms with Crippen LogP contribution in [0.2, 0.25) is 0 Å². The first-order valence-corrected chi connectivity index (χ1v) is 7.72. The molecule has 0 saturated carbocycles. The first-order chi connectivity index (χ1) is 11.2. The molecule has 23 heavy (non-hydrogen) atoms. The van der Waals surface area contributed by atoms with Crippen molar-refractivity contribution >= 4 is 5.82 Å². The number of anilines is 1. The van der Waals surface area contributed by atoms with E-state index in [1.807, 2.05) is 41.9 Å². The van der Waals surface area contributed by atoms with E-state index < -0.39 is 0 Å². The largest absolute Gasteiger partial charge is 0.362 e. The molecule has 1 atom stereocenters. The smallest absolute Gasteiger partial charge is 0.130 e.